The molecule has 0 fully saturated rings. The third-order valence-electron chi connectivity index (χ3n) is 2.72. The van der Waals surface area contributed by atoms with Crippen LogP contribution in [0.25, 0.3) is 0 Å². The summed E-state index contributed by atoms with van der Waals surface area (Å²) in [4.78, 5) is 2.12. The molecular weight excluding hydrogens is 222 g/mol. The Hall–Kier alpha value is -1.32. The van der Waals surface area contributed by atoms with Gasteiger partial charge in [-0.15, -0.1) is 0 Å². The van der Waals surface area contributed by atoms with Gasteiger partial charge in [0.2, 0.25) is 0 Å². The van der Waals surface area contributed by atoms with Gasteiger partial charge in [0.25, 0.3) is 0 Å². The van der Waals surface area contributed by atoms with Gasteiger partial charge in [0.1, 0.15) is 16.6 Å². The van der Waals surface area contributed by atoms with E-state index in [1.807, 2.05) is 14.1 Å². The molecule has 0 aliphatic rings. The number of rotatable bonds is 4. The normalized spacial score (nSPS) is 11.5. The molecule has 0 bridgehead atoms. The van der Waals surface area contributed by atoms with Gasteiger partial charge in [-0.3, -0.25) is 0 Å². The smallest absolute Gasteiger partial charge is 0.157 e. The Morgan fingerprint density at radius 3 is 2.69 bits per heavy atom. The topological polar surface area (TPSA) is 78.0 Å². The van der Waals surface area contributed by atoms with Crippen LogP contribution in [0.15, 0.2) is 0 Å². The summed E-state index contributed by atoms with van der Waals surface area (Å²) in [6.45, 7) is 4.98. The molecule has 0 atom stereocenters. The molecule has 1 heterocycles. The molecule has 0 saturated heterocycles. The molecule has 16 heavy (non-hydrogen) atoms. The number of hydrogen-bond acceptors (Lipinski definition) is 6. The van der Waals surface area contributed by atoms with Crippen LogP contribution in [0.3, 0.4) is 0 Å². The van der Waals surface area contributed by atoms with E-state index in [4.69, 9.17) is 11.0 Å². The molecule has 6 heteroatoms. The van der Waals surface area contributed by atoms with Crippen LogP contribution in [-0.4, -0.2) is 35.5 Å². The SMILES string of the molecule is CN(C)C(C)(C)CNc1snc(N)c1C#N. The molecule has 0 spiro atoms. The van der Waals surface area contributed by atoms with Gasteiger partial charge >= 0.3 is 0 Å². The molecule has 0 aliphatic carbocycles. The maximum absolute atomic E-state index is 8.91. The molecule has 1 aromatic rings. The molecule has 88 valence electrons. The van der Waals surface area contributed by atoms with Crippen molar-refractivity contribution >= 4 is 22.4 Å². The summed E-state index contributed by atoms with van der Waals surface area (Å²) in [6, 6.07) is 2.06. The second-order valence-electron chi connectivity index (χ2n) is 4.44. The fourth-order valence-corrected chi connectivity index (χ4v) is 1.64. The first kappa shape index (κ1) is 12.7. The Morgan fingerprint density at radius 2 is 2.19 bits per heavy atom. The number of nitrogens with one attached hydrogen (secondary N) is 1. The van der Waals surface area contributed by atoms with Crippen molar-refractivity contribution < 1.29 is 0 Å². The lowest BCUT2D eigenvalue weighted by Gasteiger charge is -2.32. The molecule has 0 saturated carbocycles. The van der Waals surface area contributed by atoms with Crippen LogP contribution in [0.4, 0.5) is 10.8 Å². The molecule has 1 rings (SSSR count). The number of hydrogen-bond donors (Lipinski definition) is 2. The molecule has 5 nitrogen and oxygen atoms in total. The molecule has 3 N–H and O–H groups in total. The Bertz CT molecular complexity index is 402. The van der Waals surface area contributed by atoms with E-state index in [-0.39, 0.29) is 5.54 Å². The van der Waals surface area contributed by atoms with E-state index >= 15 is 0 Å². The summed E-state index contributed by atoms with van der Waals surface area (Å²) in [6.07, 6.45) is 0. The van der Waals surface area contributed by atoms with Crippen LogP contribution in [0.5, 0.6) is 0 Å². The number of nitriles is 1. The fraction of sp³-hybridized carbons (Fsp3) is 0.600. The maximum atomic E-state index is 8.91. The highest BCUT2D eigenvalue weighted by atomic mass is 32.1. The van der Waals surface area contributed by atoms with E-state index in [2.05, 4.69) is 34.5 Å². The van der Waals surface area contributed by atoms with Crippen molar-refractivity contribution in [2.24, 2.45) is 0 Å². The van der Waals surface area contributed by atoms with Crippen LogP contribution in [-0.2, 0) is 0 Å². The van der Waals surface area contributed by atoms with Crippen LogP contribution in [0, 0.1) is 11.3 Å². The third kappa shape index (κ3) is 2.62. The molecule has 0 unspecified atom stereocenters. The van der Waals surface area contributed by atoms with E-state index < -0.39 is 0 Å². The number of anilines is 2. The molecule has 0 radical (unpaired) electrons. The summed E-state index contributed by atoms with van der Waals surface area (Å²) in [5.74, 6) is 0.303. The Labute approximate surface area is 100 Å². The monoisotopic (exact) mass is 239 g/mol. The zero-order chi connectivity index (χ0) is 12.3. The minimum Gasteiger partial charge on any atom is -0.382 e. The number of likely N-dealkylation sites (N-methyl/N-ethyl adjacent to an activating group) is 1. The first-order chi connectivity index (χ1) is 7.38. The Balaban J connectivity index is 2.73. The van der Waals surface area contributed by atoms with E-state index in [1.54, 1.807) is 0 Å². The van der Waals surface area contributed by atoms with Gasteiger partial charge in [0, 0.05) is 12.1 Å². The van der Waals surface area contributed by atoms with Crippen molar-refractivity contribution in [3.05, 3.63) is 5.56 Å². The van der Waals surface area contributed by atoms with Crippen LogP contribution in [0.1, 0.15) is 19.4 Å². The predicted octanol–water partition coefficient (Wildman–Crippen LogP) is 1.35. The van der Waals surface area contributed by atoms with Crippen LogP contribution >= 0.6 is 11.5 Å². The van der Waals surface area contributed by atoms with Gasteiger partial charge in [-0.1, -0.05) is 0 Å². The van der Waals surface area contributed by atoms with Gasteiger partial charge < -0.3 is 16.0 Å². The highest BCUT2D eigenvalue weighted by Crippen LogP contribution is 2.26. The maximum Gasteiger partial charge on any atom is 0.157 e. The fourth-order valence-electron chi connectivity index (χ4n) is 0.986. The largest absolute Gasteiger partial charge is 0.382 e. The average molecular weight is 239 g/mol. The highest BCUT2D eigenvalue weighted by molar-refractivity contribution is 7.10. The van der Waals surface area contributed by atoms with Crippen molar-refractivity contribution in [1.82, 2.24) is 9.27 Å². The van der Waals surface area contributed by atoms with E-state index in [1.165, 1.54) is 11.5 Å². The van der Waals surface area contributed by atoms with Gasteiger partial charge in [-0.2, -0.15) is 9.64 Å². The minimum absolute atomic E-state index is 0.00543. The van der Waals surface area contributed by atoms with Crippen molar-refractivity contribution in [2.75, 3.05) is 31.7 Å². The van der Waals surface area contributed by atoms with Crippen LogP contribution < -0.4 is 11.1 Å². The number of nitrogens with zero attached hydrogens (tertiary/aromatic N) is 3. The van der Waals surface area contributed by atoms with E-state index in [9.17, 15) is 0 Å². The summed E-state index contributed by atoms with van der Waals surface area (Å²) in [5.41, 5.74) is 6.03. The lowest BCUT2D eigenvalue weighted by Crippen LogP contribution is -2.44. The van der Waals surface area contributed by atoms with Crippen molar-refractivity contribution in [2.45, 2.75) is 19.4 Å². The van der Waals surface area contributed by atoms with Crippen molar-refractivity contribution in [3.8, 4) is 6.07 Å². The summed E-state index contributed by atoms with van der Waals surface area (Å²) < 4.78 is 3.95. The molecule has 0 amide bonds. The van der Waals surface area contributed by atoms with Gasteiger partial charge in [0.15, 0.2) is 5.82 Å². The molecule has 0 aromatic carbocycles. The third-order valence-corrected chi connectivity index (χ3v) is 3.54. The first-order valence-electron chi connectivity index (χ1n) is 4.95. The van der Waals surface area contributed by atoms with Gasteiger partial charge in [-0.05, 0) is 39.5 Å². The van der Waals surface area contributed by atoms with Gasteiger partial charge in [0.05, 0.1) is 0 Å². The number of nitrogens with two attached hydrogens (primary N) is 1. The van der Waals surface area contributed by atoms with E-state index in [0.29, 0.717) is 11.4 Å². The minimum atomic E-state index is 0.00543. The Kier molecular flexibility index (Phi) is 3.73. The van der Waals surface area contributed by atoms with Gasteiger partial charge in [-0.25, -0.2) is 0 Å². The zero-order valence-corrected chi connectivity index (χ0v) is 10.9. The number of nitrogen functional groups attached to an aromatic ring is 1. The zero-order valence-electron chi connectivity index (χ0n) is 10.0. The molecule has 0 aliphatic heterocycles. The Morgan fingerprint density at radius 1 is 1.56 bits per heavy atom. The summed E-state index contributed by atoms with van der Waals surface area (Å²) in [7, 11) is 4.04. The molecular formula is C10H17N5S. The summed E-state index contributed by atoms with van der Waals surface area (Å²) in [5, 5.41) is 12.9. The average Bonchev–Trinajstić information content (AvgIpc) is 2.56. The standard InChI is InChI=1S/C10H17N5S/c1-10(2,15(3)4)6-13-9-7(5-11)8(12)14-16-9/h13H,6H2,1-4H3,(H2,12,14). The second kappa shape index (κ2) is 4.68. The predicted molar refractivity (Wildman–Crippen MR) is 67.5 cm³/mol. The first-order valence-corrected chi connectivity index (χ1v) is 5.72. The second-order valence-corrected chi connectivity index (χ2v) is 5.22. The lowest BCUT2D eigenvalue weighted by molar-refractivity contribution is 0.210. The van der Waals surface area contributed by atoms with Crippen LogP contribution in [0.2, 0.25) is 0 Å². The quantitative estimate of drug-likeness (QED) is 0.829. The van der Waals surface area contributed by atoms with Crippen molar-refractivity contribution in [1.29, 1.82) is 5.26 Å². The van der Waals surface area contributed by atoms with Crippen molar-refractivity contribution in [3.63, 3.8) is 0 Å². The highest BCUT2D eigenvalue weighted by Gasteiger charge is 2.21. The number of aromatic nitrogens is 1. The summed E-state index contributed by atoms with van der Waals surface area (Å²) >= 11 is 1.23. The van der Waals surface area contributed by atoms with E-state index in [0.717, 1.165) is 11.5 Å². The molecule has 1 aromatic heterocycles. The lowest BCUT2D eigenvalue weighted by atomic mass is 10.0.